The van der Waals surface area contributed by atoms with Crippen LogP contribution in [-0.4, -0.2) is 0 Å². The maximum atomic E-state index is 2.40. The third kappa shape index (κ3) is 18.1. The predicted octanol–water partition coefficient (Wildman–Crippen LogP) is 38.5. The molecule has 1 saturated carbocycles. The van der Waals surface area contributed by atoms with Crippen LogP contribution in [0.25, 0.3) is 129 Å². The van der Waals surface area contributed by atoms with Crippen molar-refractivity contribution in [3.63, 3.8) is 0 Å². The summed E-state index contributed by atoms with van der Waals surface area (Å²) in [4.78, 5) is 0. The first-order valence-electron chi connectivity index (χ1n) is 52.0. The lowest BCUT2D eigenvalue weighted by Crippen LogP contribution is -2.05. The summed E-state index contributed by atoms with van der Waals surface area (Å²) in [6, 6.07) is 135. The zero-order valence-corrected chi connectivity index (χ0v) is 86.3. The van der Waals surface area contributed by atoms with Gasteiger partial charge in [0, 0.05) is 5.92 Å². The molecule has 27 rings (SSSR count). The van der Waals surface area contributed by atoms with Crippen molar-refractivity contribution in [1.29, 1.82) is 0 Å². The lowest BCUT2D eigenvalue weighted by molar-refractivity contribution is 0.813. The van der Waals surface area contributed by atoms with Gasteiger partial charge in [0.1, 0.15) is 0 Å². The van der Waals surface area contributed by atoms with E-state index in [0.29, 0.717) is 5.92 Å². The van der Waals surface area contributed by atoms with Gasteiger partial charge >= 0.3 is 0 Å². The molecule has 1 fully saturated rings. The third-order valence-corrected chi connectivity index (χ3v) is 30.7. The van der Waals surface area contributed by atoms with Crippen LogP contribution in [0, 0.1) is 104 Å². The van der Waals surface area contributed by atoms with E-state index in [0.717, 1.165) is 19.3 Å². The zero-order chi connectivity index (χ0) is 98.7. The van der Waals surface area contributed by atoms with Gasteiger partial charge in [-0.2, -0.15) is 0 Å². The zero-order valence-electron chi connectivity index (χ0n) is 86.3. The van der Waals surface area contributed by atoms with Crippen LogP contribution in [0.5, 0.6) is 0 Å². The Morgan fingerprint density at radius 2 is 0.462 bits per heavy atom. The van der Waals surface area contributed by atoms with Crippen molar-refractivity contribution in [2.24, 2.45) is 0 Å². The Balaban J connectivity index is 0.000000101. The average Bonchev–Trinajstić information content (AvgIpc) is 1.56. The van der Waals surface area contributed by atoms with E-state index in [2.05, 4.69) is 480 Å². The first-order valence-corrected chi connectivity index (χ1v) is 52.0. The molecule has 9 aliphatic rings. The molecule has 9 aliphatic carbocycles. The molecular formula is C143H128. The normalized spacial score (nSPS) is 13.3. The lowest BCUT2D eigenvalue weighted by atomic mass is 9.85. The maximum Gasteiger partial charge on any atom is 0.0142 e. The summed E-state index contributed by atoms with van der Waals surface area (Å²) in [5.41, 5.74) is 77.7. The Bertz CT molecular complexity index is 7910. The highest BCUT2D eigenvalue weighted by molar-refractivity contribution is 6.19. The van der Waals surface area contributed by atoms with Gasteiger partial charge in [0.25, 0.3) is 0 Å². The van der Waals surface area contributed by atoms with Crippen molar-refractivity contribution in [2.75, 3.05) is 0 Å². The molecule has 0 amide bonds. The van der Waals surface area contributed by atoms with Gasteiger partial charge in [0.05, 0.1) is 0 Å². The van der Waals surface area contributed by atoms with Crippen LogP contribution in [0.15, 0.2) is 370 Å². The van der Waals surface area contributed by atoms with Crippen LogP contribution in [0.4, 0.5) is 0 Å². The van der Waals surface area contributed by atoms with Gasteiger partial charge in [-0.3, -0.25) is 0 Å². The summed E-state index contributed by atoms with van der Waals surface area (Å²) >= 11 is 0. The Hall–Kier alpha value is -15.3. The van der Waals surface area contributed by atoms with Crippen LogP contribution >= 0.6 is 0 Å². The van der Waals surface area contributed by atoms with Gasteiger partial charge in [0.15, 0.2) is 0 Å². The minimum Gasteiger partial charge on any atom is -0.0683 e. The van der Waals surface area contributed by atoms with Gasteiger partial charge in [-0.25, -0.2) is 0 Å². The van der Waals surface area contributed by atoms with Crippen LogP contribution in [0.2, 0.25) is 0 Å². The van der Waals surface area contributed by atoms with Crippen molar-refractivity contribution in [3.05, 3.63) is 559 Å². The molecule has 0 heteroatoms. The molecule has 0 spiro atoms. The average molecular weight is 1850 g/mol. The summed E-state index contributed by atoms with van der Waals surface area (Å²) in [5.74, 6) is 0.463. The van der Waals surface area contributed by atoms with Crippen molar-refractivity contribution < 1.29 is 0 Å². The van der Waals surface area contributed by atoms with Crippen molar-refractivity contribution in [2.45, 2.75) is 169 Å². The van der Waals surface area contributed by atoms with Gasteiger partial charge in [-0.1, -0.05) is 456 Å². The molecule has 0 radical (unpaired) electrons. The van der Waals surface area contributed by atoms with E-state index in [-0.39, 0.29) is 0 Å². The molecule has 143 heavy (non-hydrogen) atoms. The molecule has 18 aromatic rings. The Morgan fingerprint density at radius 1 is 0.196 bits per heavy atom. The van der Waals surface area contributed by atoms with E-state index >= 15 is 0 Å². The molecule has 0 aromatic heterocycles. The largest absolute Gasteiger partial charge is 0.0683 e. The summed E-state index contributed by atoms with van der Waals surface area (Å²) in [5, 5.41) is 0. The fourth-order valence-corrected chi connectivity index (χ4v) is 24.1. The first-order chi connectivity index (χ1) is 69.6. The fourth-order valence-electron chi connectivity index (χ4n) is 24.1. The fraction of sp³-hybridized carbons (Fsp3) is 0.175. The SMILES string of the molecule is CC.Cc1cc(C)c(CC2c3cc(C)ccc3-c3ccc(C)cc32)c(C)c1.Cc1ccc2c(c1)-c1cc(C)ccc1C2=Cc1ccccc1.Cc1ccc2c(c1)C(=C1CCCC1)c1cc(C)ccc1-2.Cc1ccc2c(c1)C(=C1CCc3ccccc31)c1cc(C)ccc1-2.Cc1ccc2c(c1)C(=C1c3ccccc3-c3ccccc31)c1cc(C)ccc1-2.Cc1ccc2c(c1)C(=Cc1ccccc1)c1cc(C)ccc1-2. The second kappa shape index (κ2) is 39.6. The minimum absolute atomic E-state index is 0.463. The van der Waals surface area contributed by atoms with E-state index < -0.39 is 0 Å². The van der Waals surface area contributed by atoms with Gasteiger partial charge in [-0.15, -0.1) is 0 Å². The van der Waals surface area contributed by atoms with Crippen molar-refractivity contribution in [1.82, 2.24) is 0 Å². The van der Waals surface area contributed by atoms with E-state index in [1.807, 2.05) is 13.8 Å². The summed E-state index contributed by atoms with van der Waals surface area (Å²) in [7, 11) is 0. The van der Waals surface area contributed by atoms with Gasteiger partial charge in [-0.05, 0) is 395 Å². The highest BCUT2D eigenvalue weighted by atomic mass is 14.4. The highest BCUT2D eigenvalue weighted by Gasteiger charge is 2.37. The molecular weight excluding hydrogens is 1720 g/mol. The molecule has 0 nitrogen and oxygen atoms in total. The molecule has 18 aromatic carbocycles. The molecule has 700 valence electrons. The Kier molecular flexibility index (Phi) is 26.0. The second-order valence-corrected chi connectivity index (χ2v) is 41.3. The van der Waals surface area contributed by atoms with Crippen LogP contribution in [0.3, 0.4) is 0 Å². The lowest BCUT2D eigenvalue weighted by Gasteiger charge is -2.19. The maximum absolute atomic E-state index is 2.40. The van der Waals surface area contributed by atoms with Gasteiger partial charge < -0.3 is 0 Å². The van der Waals surface area contributed by atoms with E-state index in [1.54, 1.807) is 11.1 Å². The standard InChI is InChI=1S/C28H20.C25H26.C24H20.2C22H18.C20H20.C2H6/c1-17-11-13-21-22-14-12-18(2)16-26(22)28(25(21)15-17)27-23-9-5-3-7-19(23)20-8-4-6-10-24(20)27;1-15-6-8-20-21-9-7-16(2)13-24(21)25(23(20)12-15)14-22-18(4)10-17(3)11-19(22)5;1-15-7-10-19-20-11-8-16(2)14-23(20)24(22(19)13-15)21-12-9-17-5-3-4-6-18(17)21;1-15-8-10-18-20(12-15)21-13-16(2)9-11-19(21)22(18)14-17-6-4-3-5-7-17;1-15-8-10-18-19-11-9-16(2)13-21(19)22(20(18)12-15)14-17-6-4-3-5-7-17;1-13-7-9-16-17-10-8-14(2)12-19(17)20(18(16)11-13)15-5-3-4-6-15;1-2/h3-16H,1-2H3;6-13,25H,14H2,1-5H3;3-8,10-11,13-14H,9,12H2,1-2H3;2*3-14H,1-2H3;7-12H,3-6H2,1-2H3;1-2H3. The number of rotatable bonds is 4. The topological polar surface area (TPSA) is 0 Å². The molecule has 0 N–H and O–H groups in total. The first kappa shape index (κ1) is 93.9. The molecule has 0 heterocycles. The van der Waals surface area contributed by atoms with Crippen molar-refractivity contribution >= 4 is 51.2 Å². The summed E-state index contributed by atoms with van der Waals surface area (Å²) in [6.07, 6.45) is 13.3. The molecule has 0 atom stereocenters. The quantitative estimate of drug-likeness (QED) is 0.165. The predicted molar refractivity (Wildman–Crippen MR) is 615 cm³/mol. The Labute approximate surface area is 850 Å². The van der Waals surface area contributed by atoms with Gasteiger partial charge in [0.2, 0.25) is 0 Å². The monoisotopic (exact) mass is 1850 g/mol. The molecule has 0 saturated heterocycles. The van der Waals surface area contributed by atoms with E-state index in [4.69, 9.17) is 0 Å². The number of hydrogen-bond donors (Lipinski definition) is 0. The number of fused-ring (bicyclic) bond motifs is 22. The van der Waals surface area contributed by atoms with E-state index in [9.17, 15) is 0 Å². The minimum atomic E-state index is 0.463. The van der Waals surface area contributed by atoms with Crippen LogP contribution in [-0.2, 0) is 12.8 Å². The third-order valence-electron chi connectivity index (χ3n) is 30.7. The van der Waals surface area contributed by atoms with Crippen LogP contribution in [0.1, 0.15) is 241 Å². The highest BCUT2D eigenvalue weighted by Crippen LogP contribution is 2.58. The number of benzene rings is 18. The van der Waals surface area contributed by atoms with Crippen molar-refractivity contribution in [3.8, 4) is 77.9 Å². The van der Waals surface area contributed by atoms with Crippen LogP contribution < -0.4 is 0 Å². The Morgan fingerprint density at radius 3 is 0.832 bits per heavy atom. The second-order valence-electron chi connectivity index (χ2n) is 41.3. The molecule has 0 aliphatic heterocycles. The smallest absolute Gasteiger partial charge is 0.0142 e. The molecule has 0 unspecified atom stereocenters. The number of hydrogen-bond acceptors (Lipinski definition) is 0. The van der Waals surface area contributed by atoms with E-state index in [1.165, 1.54) is 326 Å². The number of aryl methyl sites for hydroxylation is 16. The number of allylic oxidation sites excluding steroid dienone is 2. The summed E-state index contributed by atoms with van der Waals surface area (Å²) in [6.45, 7) is 36.9. The summed E-state index contributed by atoms with van der Waals surface area (Å²) < 4.78 is 0. The molecule has 0 bridgehead atoms.